The summed E-state index contributed by atoms with van der Waals surface area (Å²) < 4.78 is 6.11. The molecule has 2 heterocycles. The van der Waals surface area contributed by atoms with Crippen LogP contribution in [-0.4, -0.2) is 41.0 Å². The van der Waals surface area contributed by atoms with E-state index in [1.54, 1.807) is 12.5 Å². The van der Waals surface area contributed by atoms with E-state index < -0.39 is 0 Å². The van der Waals surface area contributed by atoms with Gasteiger partial charge in [0.05, 0.1) is 5.92 Å². The molecule has 1 amide bonds. The molecule has 1 saturated heterocycles. The number of ether oxygens (including phenoxy) is 1. The zero-order valence-electron chi connectivity index (χ0n) is 22.7. The zero-order valence-corrected chi connectivity index (χ0v) is 22.7. The first-order valence-electron chi connectivity index (χ1n) is 14.6. The molecule has 0 aromatic carbocycles. The molecule has 1 aromatic rings. The number of amides is 1. The van der Waals surface area contributed by atoms with Crippen LogP contribution in [0, 0.1) is 34.5 Å². The molecular weight excluding hydrogens is 460 g/mol. The Morgan fingerprint density at radius 2 is 1.78 bits per heavy atom. The molecule has 5 aliphatic rings. The SMILES string of the molecule is CC(=O)N1CCC(C(=O)O[C@H]2CC[C@@]3(C)C(=CC[C@@H]4[C@@H]3CC[C@]3(C)C(c5cccnc5)=CC[C@@H]43)C2)CC1. The fraction of sp³-hybridized carbons (Fsp3) is 0.656. The molecule has 0 unspecified atom stereocenters. The highest BCUT2D eigenvalue weighted by Crippen LogP contribution is 2.66. The highest BCUT2D eigenvalue weighted by atomic mass is 16.5. The van der Waals surface area contributed by atoms with Crippen LogP contribution in [0.4, 0.5) is 0 Å². The van der Waals surface area contributed by atoms with Gasteiger partial charge in [-0.15, -0.1) is 0 Å². The quantitative estimate of drug-likeness (QED) is 0.364. The van der Waals surface area contributed by atoms with Crippen molar-refractivity contribution in [3.8, 4) is 0 Å². The van der Waals surface area contributed by atoms with Gasteiger partial charge in [0.2, 0.25) is 5.91 Å². The molecule has 5 nitrogen and oxygen atoms in total. The molecule has 6 atom stereocenters. The van der Waals surface area contributed by atoms with Crippen molar-refractivity contribution in [2.75, 3.05) is 13.1 Å². The fourth-order valence-electron chi connectivity index (χ4n) is 8.96. The van der Waals surface area contributed by atoms with Gasteiger partial charge in [0.1, 0.15) is 6.10 Å². The van der Waals surface area contributed by atoms with Crippen LogP contribution in [0.15, 0.2) is 42.3 Å². The van der Waals surface area contributed by atoms with Gasteiger partial charge in [-0.05, 0) is 97.2 Å². The van der Waals surface area contributed by atoms with Crippen molar-refractivity contribution < 1.29 is 14.3 Å². The molecule has 6 rings (SSSR count). The van der Waals surface area contributed by atoms with Crippen molar-refractivity contribution in [2.24, 2.45) is 34.5 Å². The number of pyridine rings is 1. The molecule has 37 heavy (non-hydrogen) atoms. The first-order chi connectivity index (χ1) is 17.8. The number of likely N-dealkylation sites (tertiary alicyclic amines) is 1. The van der Waals surface area contributed by atoms with Gasteiger partial charge in [0, 0.05) is 38.8 Å². The minimum absolute atomic E-state index is 0.00778. The smallest absolute Gasteiger partial charge is 0.309 e. The van der Waals surface area contributed by atoms with Gasteiger partial charge >= 0.3 is 5.97 Å². The predicted molar refractivity (Wildman–Crippen MR) is 144 cm³/mol. The van der Waals surface area contributed by atoms with E-state index in [4.69, 9.17) is 4.74 Å². The van der Waals surface area contributed by atoms with Crippen molar-refractivity contribution in [3.05, 3.63) is 47.8 Å². The summed E-state index contributed by atoms with van der Waals surface area (Å²) in [5.74, 6) is 2.15. The van der Waals surface area contributed by atoms with Crippen LogP contribution in [0.3, 0.4) is 0 Å². The molecule has 2 saturated carbocycles. The van der Waals surface area contributed by atoms with E-state index in [0.29, 0.717) is 19.0 Å². The molecule has 0 N–H and O–H groups in total. The van der Waals surface area contributed by atoms with Crippen molar-refractivity contribution in [1.29, 1.82) is 0 Å². The van der Waals surface area contributed by atoms with Crippen LogP contribution in [0.2, 0.25) is 0 Å². The van der Waals surface area contributed by atoms with E-state index in [9.17, 15) is 9.59 Å². The number of esters is 1. The maximum Gasteiger partial charge on any atom is 0.309 e. The maximum absolute atomic E-state index is 13.0. The number of rotatable bonds is 3. The number of hydrogen-bond donors (Lipinski definition) is 0. The summed E-state index contributed by atoms with van der Waals surface area (Å²) in [5, 5.41) is 0. The zero-order chi connectivity index (χ0) is 25.8. The summed E-state index contributed by atoms with van der Waals surface area (Å²) in [6.07, 6.45) is 18.3. The number of piperidine rings is 1. The highest BCUT2D eigenvalue weighted by molar-refractivity contribution is 5.75. The van der Waals surface area contributed by atoms with Gasteiger partial charge < -0.3 is 9.64 Å². The lowest BCUT2D eigenvalue weighted by molar-refractivity contribution is -0.159. The third-order valence-corrected chi connectivity index (χ3v) is 11.2. The van der Waals surface area contributed by atoms with Gasteiger partial charge in [0.25, 0.3) is 0 Å². The Kier molecular flexibility index (Phi) is 6.32. The van der Waals surface area contributed by atoms with Gasteiger partial charge in [-0.3, -0.25) is 14.6 Å². The first kappa shape index (κ1) is 24.9. The van der Waals surface area contributed by atoms with E-state index in [0.717, 1.165) is 50.4 Å². The number of hydrogen-bond acceptors (Lipinski definition) is 4. The molecule has 0 spiro atoms. The van der Waals surface area contributed by atoms with Crippen molar-refractivity contribution >= 4 is 17.4 Å². The Labute approximate surface area is 221 Å². The van der Waals surface area contributed by atoms with Gasteiger partial charge in [-0.1, -0.05) is 37.6 Å². The van der Waals surface area contributed by atoms with E-state index in [1.165, 1.54) is 30.4 Å². The summed E-state index contributed by atoms with van der Waals surface area (Å²) in [6, 6.07) is 4.30. The van der Waals surface area contributed by atoms with Crippen LogP contribution in [0.1, 0.15) is 84.1 Å². The fourth-order valence-corrected chi connectivity index (χ4v) is 8.96. The van der Waals surface area contributed by atoms with Crippen molar-refractivity contribution in [2.45, 2.75) is 84.7 Å². The lowest BCUT2D eigenvalue weighted by atomic mass is 9.47. The number of fused-ring (bicyclic) bond motifs is 5. The Balaban J connectivity index is 1.12. The average molecular weight is 503 g/mol. The third-order valence-electron chi connectivity index (χ3n) is 11.2. The van der Waals surface area contributed by atoms with Gasteiger partial charge in [-0.2, -0.15) is 0 Å². The Bertz CT molecular complexity index is 1120. The average Bonchev–Trinajstić information content (AvgIpc) is 3.26. The van der Waals surface area contributed by atoms with Crippen LogP contribution in [0.25, 0.3) is 5.57 Å². The summed E-state index contributed by atoms with van der Waals surface area (Å²) in [4.78, 5) is 30.8. The lowest BCUT2D eigenvalue weighted by Crippen LogP contribution is -2.50. The predicted octanol–water partition coefficient (Wildman–Crippen LogP) is 6.21. The van der Waals surface area contributed by atoms with Crippen LogP contribution < -0.4 is 0 Å². The normalized spacial score (nSPS) is 37.5. The van der Waals surface area contributed by atoms with Crippen LogP contribution in [-0.2, 0) is 14.3 Å². The standard InChI is InChI=1S/C32H42N2O3/c1-21(35)34-17-12-22(13-18-34)30(36)37-25-10-14-31(2)24(19-25)6-7-26-28-9-8-27(23-5-4-16-33-20-23)32(28,3)15-11-29(26)31/h4-6,8,16,20,22,25-26,28-29H,7,9-15,17-19H2,1-3H3/t25-,26-,28-,29-,31-,32+/m0/s1. The summed E-state index contributed by atoms with van der Waals surface area (Å²) >= 11 is 0. The highest BCUT2D eigenvalue weighted by Gasteiger charge is 2.57. The number of aromatic nitrogens is 1. The number of allylic oxidation sites excluding steroid dienone is 3. The minimum atomic E-state index is -0.0616. The Hall–Kier alpha value is -2.43. The van der Waals surface area contributed by atoms with E-state index in [1.807, 2.05) is 17.3 Å². The monoisotopic (exact) mass is 502 g/mol. The summed E-state index contributed by atoms with van der Waals surface area (Å²) in [7, 11) is 0. The molecule has 4 aliphatic carbocycles. The van der Waals surface area contributed by atoms with E-state index in [-0.39, 0.29) is 34.7 Å². The second kappa shape index (κ2) is 9.39. The van der Waals surface area contributed by atoms with Gasteiger partial charge in [-0.25, -0.2) is 0 Å². The molecule has 198 valence electrons. The lowest BCUT2D eigenvalue weighted by Gasteiger charge is -2.58. The Morgan fingerprint density at radius 1 is 1.00 bits per heavy atom. The number of carbonyl (C=O) groups is 2. The largest absolute Gasteiger partial charge is 0.462 e. The number of carbonyl (C=O) groups excluding carboxylic acids is 2. The van der Waals surface area contributed by atoms with Crippen LogP contribution >= 0.6 is 0 Å². The molecule has 0 bridgehead atoms. The first-order valence-corrected chi connectivity index (χ1v) is 14.6. The summed E-state index contributed by atoms with van der Waals surface area (Å²) in [6.45, 7) is 7.97. The van der Waals surface area contributed by atoms with Crippen LogP contribution in [0.5, 0.6) is 0 Å². The second-order valence-corrected chi connectivity index (χ2v) is 12.9. The molecule has 3 fully saturated rings. The molecular formula is C32H42N2O3. The molecule has 1 aliphatic heterocycles. The topological polar surface area (TPSA) is 59.5 Å². The van der Waals surface area contributed by atoms with Crippen molar-refractivity contribution in [3.63, 3.8) is 0 Å². The van der Waals surface area contributed by atoms with E-state index in [2.05, 4.69) is 43.1 Å². The van der Waals surface area contributed by atoms with E-state index >= 15 is 0 Å². The minimum Gasteiger partial charge on any atom is -0.462 e. The molecule has 0 radical (unpaired) electrons. The molecule has 5 heteroatoms. The third kappa shape index (κ3) is 4.17. The maximum atomic E-state index is 13.0. The Morgan fingerprint density at radius 3 is 2.51 bits per heavy atom. The molecule has 1 aromatic heterocycles. The van der Waals surface area contributed by atoms with Gasteiger partial charge in [0.15, 0.2) is 0 Å². The number of nitrogens with zero attached hydrogens (tertiary/aromatic N) is 2. The van der Waals surface area contributed by atoms with Crippen molar-refractivity contribution in [1.82, 2.24) is 9.88 Å². The second-order valence-electron chi connectivity index (χ2n) is 12.9. The summed E-state index contributed by atoms with van der Waals surface area (Å²) in [5.41, 5.74) is 4.85.